The smallest absolute Gasteiger partial charge is 0.356 e. The summed E-state index contributed by atoms with van der Waals surface area (Å²) in [5.74, 6) is -2.45. The zero-order valence-corrected chi connectivity index (χ0v) is 22.1. The van der Waals surface area contributed by atoms with Gasteiger partial charge in [0.25, 0.3) is 0 Å². The van der Waals surface area contributed by atoms with Gasteiger partial charge in [-0.15, -0.1) is 0 Å². The number of hydrogen-bond donors (Lipinski definition) is 3. The summed E-state index contributed by atoms with van der Waals surface area (Å²) < 4.78 is 54.7. The minimum Gasteiger partial charge on any atom is -0.476 e. The number of aromatic nitrogens is 2. The van der Waals surface area contributed by atoms with Gasteiger partial charge in [0, 0.05) is 31.3 Å². The molecule has 1 heterocycles. The second-order valence-electron chi connectivity index (χ2n) is 8.78. The lowest BCUT2D eigenvalue weighted by molar-refractivity contribution is -0.116. The van der Waals surface area contributed by atoms with Crippen molar-refractivity contribution in [3.05, 3.63) is 59.5 Å². The number of carboxylic acids is 1. The highest BCUT2D eigenvalue weighted by molar-refractivity contribution is 7.89. The van der Waals surface area contributed by atoms with Crippen LogP contribution in [-0.4, -0.2) is 55.4 Å². The van der Waals surface area contributed by atoms with Crippen molar-refractivity contribution in [1.29, 1.82) is 0 Å². The van der Waals surface area contributed by atoms with E-state index < -0.39 is 21.8 Å². The average molecular weight is 549 g/mol. The molecule has 1 amide bonds. The third-order valence-corrected chi connectivity index (χ3v) is 6.72. The number of amides is 1. The van der Waals surface area contributed by atoms with Crippen LogP contribution >= 0.6 is 0 Å². The molecule has 3 rings (SSSR count). The van der Waals surface area contributed by atoms with Crippen molar-refractivity contribution in [1.82, 2.24) is 14.5 Å². The van der Waals surface area contributed by atoms with Crippen LogP contribution in [0.15, 0.2) is 47.4 Å². The Bertz CT molecular complexity index is 1440. The fraction of sp³-hybridized carbons (Fsp3) is 0.320. The number of nitrogens with one attached hydrogen (secondary N) is 2. The number of halogens is 1. The fourth-order valence-corrected chi connectivity index (χ4v) is 4.67. The molecule has 13 heteroatoms. The van der Waals surface area contributed by atoms with Crippen LogP contribution in [0.25, 0.3) is 5.69 Å². The molecule has 204 valence electrons. The van der Waals surface area contributed by atoms with E-state index in [9.17, 15) is 27.5 Å². The lowest BCUT2D eigenvalue weighted by Gasteiger charge is -2.16. The number of methoxy groups -OCH3 is 1. The first-order valence-corrected chi connectivity index (χ1v) is 13.1. The maximum absolute atomic E-state index is 13.9. The van der Waals surface area contributed by atoms with Gasteiger partial charge in [0.2, 0.25) is 21.8 Å². The van der Waals surface area contributed by atoms with Crippen LogP contribution in [0.2, 0.25) is 0 Å². The number of aromatic carboxylic acids is 1. The molecule has 0 saturated carbocycles. The van der Waals surface area contributed by atoms with E-state index in [1.54, 1.807) is 0 Å². The highest BCUT2D eigenvalue weighted by Crippen LogP contribution is 2.35. The molecule has 3 N–H and O–H groups in total. The monoisotopic (exact) mass is 548 g/mol. The van der Waals surface area contributed by atoms with Crippen molar-refractivity contribution in [3.63, 3.8) is 0 Å². The van der Waals surface area contributed by atoms with Gasteiger partial charge in [-0.3, -0.25) is 4.79 Å². The number of hydrogen-bond acceptors (Lipinski definition) is 7. The summed E-state index contributed by atoms with van der Waals surface area (Å²) in [5, 5.41) is 16.3. The minimum atomic E-state index is -4.18. The summed E-state index contributed by atoms with van der Waals surface area (Å²) >= 11 is 0. The maximum Gasteiger partial charge on any atom is 0.356 e. The molecule has 0 aliphatic carbocycles. The third-order valence-electron chi connectivity index (χ3n) is 5.24. The molecule has 0 fully saturated rings. The lowest BCUT2D eigenvalue weighted by atomic mass is 10.1. The Morgan fingerprint density at radius 3 is 2.55 bits per heavy atom. The number of rotatable bonds is 12. The summed E-state index contributed by atoms with van der Waals surface area (Å²) in [7, 11) is -2.76. The molecule has 0 radical (unpaired) electrons. The van der Waals surface area contributed by atoms with Crippen LogP contribution in [0.5, 0.6) is 11.6 Å². The highest BCUT2D eigenvalue weighted by Gasteiger charge is 2.26. The Balaban J connectivity index is 2.12. The first-order valence-electron chi connectivity index (χ1n) is 11.6. The number of carboxylic acid groups (broad SMARTS) is 1. The van der Waals surface area contributed by atoms with Gasteiger partial charge in [0.05, 0.1) is 12.3 Å². The Kier molecular flexibility index (Phi) is 9.20. The van der Waals surface area contributed by atoms with Crippen LogP contribution in [0, 0.1) is 18.7 Å². The molecule has 3 aromatic rings. The highest BCUT2D eigenvalue weighted by atomic mass is 32.2. The van der Waals surface area contributed by atoms with Crippen LogP contribution < -0.4 is 14.8 Å². The normalized spacial score (nSPS) is 11.5. The molecule has 0 aliphatic heterocycles. The van der Waals surface area contributed by atoms with Crippen molar-refractivity contribution in [2.75, 3.05) is 25.6 Å². The quantitative estimate of drug-likeness (QED) is 0.290. The number of carbonyl (C=O) groups is 2. The van der Waals surface area contributed by atoms with Gasteiger partial charge < -0.3 is 19.9 Å². The van der Waals surface area contributed by atoms with Crippen molar-refractivity contribution in [3.8, 4) is 17.3 Å². The van der Waals surface area contributed by atoms with Crippen LogP contribution in [-0.2, 0) is 19.6 Å². The van der Waals surface area contributed by atoms with Crippen molar-refractivity contribution >= 4 is 27.6 Å². The molecule has 0 saturated heterocycles. The molecule has 11 nitrogen and oxygen atoms in total. The maximum atomic E-state index is 13.9. The summed E-state index contributed by atoms with van der Waals surface area (Å²) in [5.41, 5.74) is 0.115. The van der Waals surface area contributed by atoms with E-state index in [1.165, 1.54) is 50.4 Å². The van der Waals surface area contributed by atoms with E-state index in [0.29, 0.717) is 0 Å². The molecule has 0 aliphatic rings. The Hall–Kier alpha value is -3.81. The Morgan fingerprint density at radius 1 is 1.18 bits per heavy atom. The van der Waals surface area contributed by atoms with Gasteiger partial charge in [0.1, 0.15) is 16.5 Å². The van der Waals surface area contributed by atoms with E-state index >= 15 is 0 Å². The topological polar surface area (TPSA) is 149 Å². The largest absolute Gasteiger partial charge is 0.476 e. The number of sulfonamides is 1. The van der Waals surface area contributed by atoms with Gasteiger partial charge in [-0.2, -0.15) is 9.78 Å². The minimum absolute atomic E-state index is 0.0361. The second-order valence-corrected chi connectivity index (χ2v) is 10.5. The molecule has 1 aromatic heterocycles. The molecule has 2 aromatic carbocycles. The van der Waals surface area contributed by atoms with E-state index in [4.69, 9.17) is 9.47 Å². The van der Waals surface area contributed by atoms with Gasteiger partial charge in [0.15, 0.2) is 5.69 Å². The predicted octanol–water partition coefficient (Wildman–Crippen LogP) is 3.72. The Morgan fingerprint density at radius 2 is 1.92 bits per heavy atom. The molecule has 0 atom stereocenters. The first kappa shape index (κ1) is 28.8. The summed E-state index contributed by atoms with van der Waals surface area (Å²) in [6.07, 6.45) is 0.233. The summed E-state index contributed by atoms with van der Waals surface area (Å²) in [6, 6.07) is 9.26. The summed E-state index contributed by atoms with van der Waals surface area (Å²) in [6.45, 7) is 5.26. The van der Waals surface area contributed by atoms with Crippen molar-refractivity contribution in [2.45, 2.75) is 32.1 Å². The Labute approximate surface area is 219 Å². The van der Waals surface area contributed by atoms with Crippen molar-refractivity contribution < 1.29 is 37.0 Å². The van der Waals surface area contributed by atoms with E-state index in [-0.39, 0.29) is 70.6 Å². The fourth-order valence-electron chi connectivity index (χ4n) is 3.51. The van der Waals surface area contributed by atoms with Crippen LogP contribution in [0.1, 0.15) is 36.3 Å². The zero-order chi connectivity index (χ0) is 28.0. The van der Waals surface area contributed by atoms with Gasteiger partial charge in [-0.25, -0.2) is 22.3 Å². The molecule has 0 unspecified atom stereocenters. The standard InChI is InChI=1S/C25H29FN4O7S/c1-15(2)12-22(31)28-18-8-9-20(21(14-18)38(34,35)27-10-11-36-4)37-24-16(3)23(25(32)33)29-30(24)19-7-5-6-17(26)13-19/h5-9,13-15,27H,10-12H2,1-4H3,(H,28,31)(H,32,33). The first-order chi connectivity index (χ1) is 17.9. The van der Waals surface area contributed by atoms with Crippen LogP contribution in [0.4, 0.5) is 10.1 Å². The summed E-state index contributed by atoms with van der Waals surface area (Å²) in [4.78, 5) is 23.7. The van der Waals surface area contributed by atoms with Gasteiger partial charge in [-0.1, -0.05) is 19.9 Å². The van der Waals surface area contributed by atoms with E-state index in [2.05, 4.69) is 15.1 Å². The number of carbonyl (C=O) groups excluding carboxylic acids is 1. The SMILES string of the molecule is COCCNS(=O)(=O)c1cc(NC(=O)CC(C)C)ccc1Oc1c(C)c(C(=O)O)nn1-c1cccc(F)c1. The second kappa shape index (κ2) is 12.2. The van der Waals surface area contributed by atoms with Gasteiger partial charge >= 0.3 is 5.97 Å². The number of nitrogens with zero attached hydrogens (tertiary/aromatic N) is 2. The van der Waals surface area contributed by atoms with Crippen molar-refractivity contribution in [2.24, 2.45) is 5.92 Å². The third kappa shape index (κ3) is 6.94. The predicted molar refractivity (Wildman–Crippen MR) is 137 cm³/mol. The molecule has 38 heavy (non-hydrogen) atoms. The molecular formula is C25H29FN4O7S. The van der Waals surface area contributed by atoms with E-state index in [0.717, 1.165) is 10.7 Å². The van der Waals surface area contributed by atoms with Gasteiger partial charge in [-0.05, 0) is 49.2 Å². The lowest BCUT2D eigenvalue weighted by Crippen LogP contribution is -2.27. The number of ether oxygens (including phenoxy) is 2. The number of anilines is 1. The number of benzene rings is 2. The zero-order valence-electron chi connectivity index (χ0n) is 21.3. The molecular weight excluding hydrogens is 519 g/mol. The molecule has 0 bridgehead atoms. The van der Waals surface area contributed by atoms with E-state index in [1.807, 2.05) is 13.8 Å². The molecule has 0 spiro atoms. The van der Waals surface area contributed by atoms with Crippen LogP contribution in [0.3, 0.4) is 0 Å². The average Bonchev–Trinajstić information content (AvgIpc) is 3.15.